The minimum absolute atomic E-state index is 0.662. The summed E-state index contributed by atoms with van der Waals surface area (Å²) in [6.45, 7) is 2.15. The van der Waals surface area contributed by atoms with Crippen LogP contribution >= 0.6 is 0 Å². The summed E-state index contributed by atoms with van der Waals surface area (Å²) < 4.78 is 12.3. The minimum Gasteiger partial charge on any atom is -0.457 e. The van der Waals surface area contributed by atoms with Gasteiger partial charge in [0.25, 0.3) is 0 Å². The van der Waals surface area contributed by atoms with Crippen LogP contribution in [-0.4, -0.2) is 4.98 Å². The number of hydrogen-bond acceptors (Lipinski definition) is 2. The number of nitrogens with one attached hydrogen (secondary N) is 1. The predicted molar refractivity (Wildman–Crippen MR) is 125 cm³/mol. The molecule has 0 atom stereocenters. The lowest BCUT2D eigenvalue weighted by Gasteiger charge is -2.07. The molecule has 0 unspecified atom stereocenters. The molecular formula is C28H23NO2. The second kappa shape index (κ2) is 7.21. The Morgan fingerprint density at radius 1 is 0.871 bits per heavy atom. The highest BCUT2D eigenvalue weighted by atomic mass is 16.5. The number of furan rings is 1. The Labute approximate surface area is 181 Å². The standard InChI is InChI=1S/C28H23NO2/c1-18-23-16-24(19-9-10-19)25(26-8-5-15-29-26)17-27(23)31-28(18)20-11-13-22(14-12-20)30-21-6-3-2-4-7-21/h2-8,11-17,19,29H,9-10H2,1H3. The maximum absolute atomic E-state index is 6.38. The maximum atomic E-state index is 6.38. The average molecular weight is 405 g/mol. The normalized spacial score (nSPS) is 13.6. The van der Waals surface area contributed by atoms with Crippen molar-refractivity contribution in [2.24, 2.45) is 0 Å². The number of fused-ring (bicyclic) bond motifs is 1. The van der Waals surface area contributed by atoms with Crippen molar-refractivity contribution in [2.45, 2.75) is 25.7 Å². The Kier molecular flexibility index (Phi) is 4.20. The molecule has 3 nitrogen and oxygen atoms in total. The van der Waals surface area contributed by atoms with Crippen LogP contribution in [0.4, 0.5) is 0 Å². The second-order valence-corrected chi connectivity index (χ2v) is 8.29. The first-order valence-electron chi connectivity index (χ1n) is 10.8. The number of para-hydroxylation sites is 1. The molecule has 0 saturated heterocycles. The lowest BCUT2D eigenvalue weighted by atomic mass is 9.97. The summed E-state index contributed by atoms with van der Waals surface area (Å²) in [5, 5.41) is 1.21. The van der Waals surface area contributed by atoms with Crippen LogP contribution < -0.4 is 4.74 Å². The van der Waals surface area contributed by atoms with E-state index in [-0.39, 0.29) is 0 Å². The SMILES string of the molecule is Cc1c(-c2ccc(Oc3ccccc3)cc2)oc2cc(-c3ccc[nH]3)c(C3CC3)cc12. The molecule has 1 fully saturated rings. The van der Waals surface area contributed by atoms with E-state index in [1.807, 2.05) is 54.7 Å². The van der Waals surface area contributed by atoms with Gasteiger partial charge in [-0.2, -0.15) is 0 Å². The Balaban J connectivity index is 1.39. The van der Waals surface area contributed by atoms with Crippen LogP contribution in [0.25, 0.3) is 33.6 Å². The molecule has 31 heavy (non-hydrogen) atoms. The van der Waals surface area contributed by atoms with E-state index in [1.54, 1.807) is 0 Å². The zero-order valence-electron chi connectivity index (χ0n) is 17.4. The lowest BCUT2D eigenvalue weighted by Crippen LogP contribution is -1.88. The number of aryl methyl sites for hydroxylation is 1. The number of hydrogen-bond donors (Lipinski definition) is 1. The molecule has 5 aromatic rings. The molecule has 0 aliphatic heterocycles. The molecule has 6 rings (SSSR count). The first-order valence-corrected chi connectivity index (χ1v) is 10.8. The zero-order valence-corrected chi connectivity index (χ0v) is 17.4. The quantitative estimate of drug-likeness (QED) is 0.321. The van der Waals surface area contributed by atoms with Crippen LogP contribution in [0.3, 0.4) is 0 Å². The van der Waals surface area contributed by atoms with Crippen LogP contribution in [-0.2, 0) is 0 Å². The van der Waals surface area contributed by atoms with Gasteiger partial charge in [-0.3, -0.25) is 0 Å². The highest BCUT2D eigenvalue weighted by Crippen LogP contribution is 2.47. The predicted octanol–water partition coefficient (Wildman–Crippen LogP) is 8.07. The van der Waals surface area contributed by atoms with Gasteiger partial charge in [-0.05, 0) is 91.9 Å². The largest absolute Gasteiger partial charge is 0.457 e. The molecule has 0 spiro atoms. The van der Waals surface area contributed by atoms with Gasteiger partial charge in [0.2, 0.25) is 0 Å². The molecule has 2 heterocycles. The molecular weight excluding hydrogens is 382 g/mol. The van der Waals surface area contributed by atoms with E-state index in [1.165, 1.54) is 34.9 Å². The Morgan fingerprint density at radius 2 is 1.65 bits per heavy atom. The van der Waals surface area contributed by atoms with Crippen molar-refractivity contribution < 1.29 is 9.15 Å². The Morgan fingerprint density at radius 3 is 2.35 bits per heavy atom. The van der Waals surface area contributed by atoms with Gasteiger partial charge in [0.1, 0.15) is 22.8 Å². The third-order valence-electron chi connectivity index (χ3n) is 6.11. The van der Waals surface area contributed by atoms with Crippen molar-refractivity contribution >= 4 is 11.0 Å². The van der Waals surface area contributed by atoms with Crippen LogP contribution in [0.1, 0.15) is 29.9 Å². The van der Waals surface area contributed by atoms with Gasteiger partial charge in [0.15, 0.2) is 0 Å². The van der Waals surface area contributed by atoms with Gasteiger partial charge < -0.3 is 14.1 Å². The summed E-state index contributed by atoms with van der Waals surface area (Å²) in [5.74, 6) is 3.23. The van der Waals surface area contributed by atoms with E-state index >= 15 is 0 Å². The smallest absolute Gasteiger partial charge is 0.138 e. The number of benzene rings is 3. The fourth-order valence-corrected chi connectivity index (χ4v) is 4.32. The number of aromatic nitrogens is 1. The van der Waals surface area contributed by atoms with E-state index in [0.29, 0.717) is 5.92 Å². The van der Waals surface area contributed by atoms with Crippen LogP contribution in [0.15, 0.2) is 89.5 Å². The van der Waals surface area contributed by atoms with Crippen molar-refractivity contribution in [1.29, 1.82) is 0 Å². The van der Waals surface area contributed by atoms with Crippen LogP contribution in [0.2, 0.25) is 0 Å². The first-order chi connectivity index (χ1) is 15.3. The highest BCUT2D eigenvalue weighted by Gasteiger charge is 2.28. The van der Waals surface area contributed by atoms with Crippen LogP contribution in [0, 0.1) is 6.92 Å². The van der Waals surface area contributed by atoms with Gasteiger partial charge in [-0.25, -0.2) is 0 Å². The molecule has 0 radical (unpaired) electrons. The van der Waals surface area contributed by atoms with Crippen molar-refractivity contribution in [1.82, 2.24) is 4.98 Å². The van der Waals surface area contributed by atoms with Gasteiger partial charge in [0.05, 0.1) is 0 Å². The summed E-state index contributed by atoms with van der Waals surface area (Å²) in [6, 6.07) is 26.7. The Bertz CT molecular complexity index is 1340. The summed E-state index contributed by atoms with van der Waals surface area (Å²) in [7, 11) is 0. The van der Waals surface area contributed by atoms with Crippen molar-refractivity contribution in [3.63, 3.8) is 0 Å². The van der Waals surface area contributed by atoms with E-state index in [0.717, 1.165) is 34.1 Å². The highest BCUT2D eigenvalue weighted by molar-refractivity contribution is 5.92. The van der Waals surface area contributed by atoms with Crippen LogP contribution in [0.5, 0.6) is 11.5 Å². The lowest BCUT2D eigenvalue weighted by molar-refractivity contribution is 0.482. The summed E-state index contributed by atoms with van der Waals surface area (Å²) in [5.41, 5.74) is 7.02. The fraction of sp³-hybridized carbons (Fsp3) is 0.143. The maximum Gasteiger partial charge on any atom is 0.138 e. The number of H-pyrrole nitrogens is 1. The molecule has 3 aromatic carbocycles. The molecule has 0 bridgehead atoms. The third-order valence-corrected chi connectivity index (χ3v) is 6.11. The second-order valence-electron chi connectivity index (χ2n) is 8.29. The van der Waals surface area contributed by atoms with Crippen molar-refractivity contribution in [3.05, 3.63) is 96.2 Å². The van der Waals surface area contributed by atoms with Gasteiger partial charge in [0, 0.05) is 34.0 Å². The zero-order chi connectivity index (χ0) is 20.8. The molecule has 152 valence electrons. The molecule has 0 amide bonds. The topological polar surface area (TPSA) is 38.2 Å². The Hall–Kier alpha value is -3.72. The third kappa shape index (κ3) is 3.32. The molecule has 1 N–H and O–H groups in total. The monoisotopic (exact) mass is 405 g/mol. The minimum atomic E-state index is 0.662. The summed E-state index contributed by atoms with van der Waals surface area (Å²) >= 11 is 0. The van der Waals surface area contributed by atoms with E-state index in [2.05, 4.69) is 42.2 Å². The van der Waals surface area contributed by atoms with E-state index < -0.39 is 0 Å². The number of rotatable bonds is 5. The molecule has 1 saturated carbocycles. The molecule has 2 aromatic heterocycles. The van der Waals surface area contributed by atoms with Crippen molar-refractivity contribution in [3.8, 4) is 34.1 Å². The summed E-state index contributed by atoms with van der Waals surface area (Å²) in [4.78, 5) is 3.36. The summed E-state index contributed by atoms with van der Waals surface area (Å²) in [6.07, 6.45) is 4.52. The fourth-order valence-electron chi connectivity index (χ4n) is 4.32. The molecule has 1 aliphatic rings. The number of aromatic amines is 1. The van der Waals surface area contributed by atoms with E-state index in [4.69, 9.17) is 9.15 Å². The van der Waals surface area contributed by atoms with E-state index in [9.17, 15) is 0 Å². The molecule has 3 heteroatoms. The van der Waals surface area contributed by atoms with Gasteiger partial charge in [-0.1, -0.05) is 18.2 Å². The number of ether oxygens (including phenoxy) is 1. The first kappa shape index (κ1) is 18.1. The van der Waals surface area contributed by atoms with Crippen molar-refractivity contribution in [2.75, 3.05) is 0 Å². The molecule has 1 aliphatic carbocycles. The average Bonchev–Trinajstić information content (AvgIpc) is 3.40. The van der Waals surface area contributed by atoms with Gasteiger partial charge in [-0.15, -0.1) is 0 Å². The van der Waals surface area contributed by atoms with Gasteiger partial charge >= 0.3 is 0 Å².